The molecule has 0 saturated heterocycles. The van der Waals surface area contributed by atoms with E-state index in [1.165, 1.54) is 6.92 Å². The van der Waals surface area contributed by atoms with Crippen molar-refractivity contribution < 1.29 is 19.8 Å². The van der Waals surface area contributed by atoms with Crippen LogP contribution in [0.3, 0.4) is 0 Å². The zero-order valence-corrected chi connectivity index (χ0v) is 13.9. The third kappa shape index (κ3) is 4.57. The highest BCUT2D eigenvalue weighted by atomic mass is 16.4. The number of hydrogen-bond acceptors (Lipinski definition) is 4. The number of carboxylic acid groups (broad SMARTS) is 1. The van der Waals surface area contributed by atoms with Gasteiger partial charge in [-0.2, -0.15) is 0 Å². The molecule has 1 saturated carbocycles. The van der Waals surface area contributed by atoms with E-state index in [0.29, 0.717) is 0 Å². The predicted molar refractivity (Wildman–Crippen MR) is 86.5 cm³/mol. The topological polar surface area (TPSA) is 151 Å². The Kier molecular flexibility index (Phi) is 6.80. The summed E-state index contributed by atoms with van der Waals surface area (Å²) in [5.74, 6) is -2.84. The standard InChI is InChI=1S/C15H28N4O4/c1-4-8(5-2)12(18-7(3)20)11-10(19-15(16)17)6-9(13(11)21)14(22)23/h8-13,21H,4-6H2,1-3H3,(H,18,20)(H,22,23)(H4,16,17,19)/t9?,10?,11-,12?,13?/m1/s1. The van der Waals surface area contributed by atoms with Crippen LogP contribution in [0, 0.1) is 17.8 Å². The fraction of sp³-hybridized carbons (Fsp3) is 0.800. The molecule has 1 aliphatic rings. The Bertz CT molecular complexity index is 460. The Hall–Kier alpha value is -1.83. The Balaban J connectivity index is 3.23. The van der Waals surface area contributed by atoms with Crippen molar-refractivity contribution in [2.24, 2.45) is 34.2 Å². The normalized spacial score (nSPS) is 28.4. The maximum Gasteiger partial charge on any atom is 0.309 e. The van der Waals surface area contributed by atoms with Crippen molar-refractivity contribution >= 4 is 17.8 Å². The molecule has 0 aromatic heterocycles. The molecular weight excluding hydrogens is 300 g/mol. The number of amides is 1. The molecule has 5 atom stereocenters. The molecule has 1 aliphatic carbocycles. The van der Waals surface area contributed by atoms with Crippen molar-refractivity contribution in [1.29, 1.82) is 0 Å². The highest BCUT2D eigenvalue weighted by molar-refractivity contribution is 5.76. The minimum atomic E-state index is -1.11. The summed E-state index contributed by atoms with van der Waals surface area (Å²) in [6.07, 6.45) is 0.612. The number of nitrogens with two attached hydrogens (primary N) is 2. The first-order valence-electron chi connectivity index (χ1n) is 7.99. The van der Waals surface area contributed by atoms with Gasteiger partial charge in [0.1, 0.15) is 0 Å². The zero-order chi connectivity index (χ0) is 17.7. The summed E-state index contributed by atoms with van der Waals surface area (Å²) in [6, 6.07) is -0.913. The van der Waals surface area contributed by atoms with Gasteiger partial charge in [-0.3, -0.25) is 9.59 Å². The summed E-state index contributed by atoms with van der Waals surface area (Å²) in [5, 5.41) is 22.7. The number of aliphatic hydroxyl groups excluding tert-OH is 1. The summed E-state index contributed by atoms with van der Waals surface area (Å²) >= 11 is 0. The number of carbonyl (C=O) groups is 2. The van der Waals surface area contributed by atoms with Crippen LogP contribution in [-0.4, -0.2) is 46.2 Å². The van der Waals surface area contributed by atoms with Crippen LogP contribution in [0.25, 0.3) is 0 Å². The lowest BCUT2D eigenvalue weighted by atomic mass is 9.80. The van der Waals surface area contributed by atoms with Gasteiger partial charge in [-0.1, -0.05) is 26.7 Å². The lowest BCUT2D eigenvalue weighted by Gasteiger charge is -2.35. The fourth-order valence-corrected chi connectivity index (χ4v) is 3.64. The van der Waals surface area contributed by atoms with Crippen LogP contribution in [0.5, 0.6) is 0 Å². The maximum atomic E-state index is 11.6. The molecule has 1 fully saturated rings. The number of carbonyl (C=O) groups excluding carboxylic acids is 1. The van der Waals surface area contributed by atoms with Gasteiger partial charge in [0, 0.05) is 18.9 Å². The van der Waals surface area contributed by atoms with Gasteiger partial charge in [0.2, 0.25) is 5.91 Å². The van der Waals surface area contributed by atoms with Crippen LogP contribution in [0.4, 0.5) is 0 Å². The summed E-state index contributed by atoms with van der Waals surface area (Å²) in [6.45, 7) is 5.39. The number of nitrogens with one attached hydrogen (secondary N) is 1. The van der Waals surface area contributed by atoms with Crippen LogP contribution in [0.1, 0.15) is 40.0 Å². The molecule has 132 valence electrons. The van der Waals surface area contributed by atoms with E-state index in [-0.39, 0.29) is 30.2 Å². The van der Waals surface area contributed by atoms with Gasteiger partial charge in [-0.05, 0) is 12.3 Å². The van der Waals surface area contributed by atoms with E-state index >= 15 is 0 Å². The van der Waals surface area contributed by atoms with E-state index in [9.17, 15) is 19.8 Å². The van der Waals surface area contributed by atoms with Crippen LogP contribution in [0.2, 0.25) is 0 Å². The number of aliphatic hydroxyl groups is 1. The van der Waals surface area contributed by atoms with E-state index in [2.05, 4.69) is 10.3 Å². The van der Waals surface area contributed by atoms with Crippen molar-refractivity contribution in [2.45, 2.75) is 58.2 Å². The van der Waals surface area contributed by atoms with Gasteiger partial charge in [0.05, 0.1) is 18.1 Å². The summed E-state index contributed by atoms with van der Waals surface area (Å²) in [7, 11) is 0. The molecular formula is C15H28N4O4. The molecule has 23 heavy (non-hydrogen) atoms. The Morgan fingerprint density at radius 2 is 1.87 bits per heavy atom. The fourth-order valence-electron chi connectivity index (χ4n) is 3.64. The van der Waals surface area contributed by atoms with E-state index in [1.807, 2.05) is 13.8 Å². The molecule has 0 bridgehead atoms. The molecule has 1 rings (SSSR count). The molecule has 0 aliphatic heterocycles. The minimum Gasteiger partial charge on any atom is -0.481 e. The second-order valence-corrected chi connectivity index (χ2v) is 6.17. The van der Waals surface area contributed by atoms with Gasteiger partial charge < -0.3 is 27.0 Å². The second kappa shape index (κ2) is 8.14. The third-order valence-electron chi connectivity index (χ3n) is 4.72. The number of rotatable bonds is 7. The van der Waals surface area contributed by atoms with Crippen molar-refractivity contribution in [3.8, 4) is 0 Å². The smallest absolute Gasteiger partial charge is 0.309 e. The molecule has 8 heteroatoms. The van der Waals surface area contributed by atoms with E-state index < -0.39 is 30.0 Å². The lowest BCUT2D eigenvalue weighted by molar-refractivity contribution is -0.145. The summed E-state index contributed by atoms with van der Waals surface area (Å²) in [5.41, 5.74) is 10.9. The monoisotopic (exact) mass is 328 g/mol. The molecule has 7 N–H and O–H groups in total. The minimum absolute atomic E-state index is 0.0998. The molecule has 0 radical (unpaired) electrons. The van der Waals surface area contributed by atoms with Gasteiger partial charge in [-0.25, -0.2) is 4.99 Å². The van der Waals surface area contributed by atoms with Crippen LogP contribution < -0.4 is 16.8 Å². The second-order valence-electron chi connectivity index (χ2n) is 6.17. The SMILES string of the molecule is CCC(CC)C(NC(C)=O)[C@H]1C(N=C(N)N)CC(C(=O)O)C1O. The molecule has 0 spiro atoms. The van der Waals surface area contributed by atoms with Crippen LogP contribution in [-0.2, 0) is 9.59 Å². The lowest BCUT2D eigenvalue weighted by Crippen LogP contribution is -2.51. The molecule has 1 amide bonds. The molecule has 8 nitrogen and oxygen atoms in total. The largest absolute Gasteiger partial charge is 0.481 e. The van der Waals surface area contributed by atoms with E-state index in [1.54, 1.807) is 0 Å². The zero-order valence-electron chi connectivity index (χ0n) is 13.9. The van der Waals surface area contributed by atoms with Crippen molar-refractivity contribution in [1.82, 2.24) is 5.32 Å². The van der Waals surface area contributed by atoms with Crippen molar-refractivity contribution in [3.05, 3.63) is 0 Å². The summed E-state index contributed by atoms with van der Waals surface area (Å²) in [4.78, 5) is 27.1. The van der Waals surface area contributed by atoms with Gasteiger partial charge in [0.15, 0.2) is 5.96 Å². The van der Waals surface area contributed by atoms with Crippen molar-refractivity contribution in [3.63, 3.8) is 0 Å². The third-order valence-corrected chi connectivity index (χ3v) is 4.72. The quantitative estimate of drug-likeness (QED) is 0.318. The number of aliphatic imine (C=N–C) groups is 1. The molecule has 0 heterocycles. The maximum absolute atomic E-state index is 11.6. The molecule has 0 aromatic carbocycles. The van der Waals surface area contributed by atoms with Gasteiger partial charge >= 0.3 is 5.97 Å². The average molecular weight is 328 g/mol. The number of hydrogen-bond donors (Lipinski definition) is 5. The Morgan fingerprint density at radius 1 is 1.30 bits per heavy atom. The number of nitrogens with zero attached hydrogens (tertiary/aromatic N) is 1. The first kappa shape index (κ1) is 19.2. The predicted octanol–water partition coefficient (Wildman–Crippen LogP) is -0.349. The van der Waals surface area contributed by atoms with E-state index in [0.717, 1.165) is 12.8 Å². The van der Waals surface area contributed by atoms with Gasteiger partial charge in [0.25, 0.3) is 0 Å². The highest BCUT2D eigenvalue weighted by Gasteiger charge is 2.50. The first-order valence-corrected chi connectivity index (χ1v) is 7.99. The molecule has 4 unspecified atom stereocenters. The highest BCUT2D eigenvalue weighted by Crippen LogP contribution is 2.39. The average Bonchev–Trinajstić information content (AvgIpc) is 2.74. The van der Waals surface area contributed by atoms with Crippen molar-refractivity contribution in [2.75, 3.05) is 0 Å². The Labute approximate surface area is 136 Å². The Morgan fingerprint density at radius 3 is 2.26 bits per heavy atom. The van der Waals surface area contributed by atoms with Gasteiger partial charge in [-0.15, -0.1) is 0 Å². The number of carboxylic acids is 1. The summed E-state index contributed by atoms with van der Waals surface area (Å²) < 4.78 is 0. The van der Waals surface area contributed by atoms with Crippen LogP contribution >= 0.6 is 0 Å². The number of aliphatic carboxylic acids is 1. The van der Waals surface area contributed by atoms with E-state index in [4.69, 9.17) is 11.5 Å². The number of guanidine groups is 1. The van der Waals surface area contributed by atoms with Crippen LogP contribution in [0.15, 0.2) is 4.99 Å². The first-order chi connectivity index (χ1) is 10.7. The molecule has 0 aromatic rings.